The Kier molecular flexibility index (Phi) is 4.69. The minimum absolute atomic E-state index is 0.215. The van der Waals surface area contributed by atoms with Crippen molar-refractivity contribution in [2.45, 2.75) is 18.3 Å². The first-order valence-electron chi connectivity index (χ1n) is 7.72. The molecule has 1 aromatic carbocycles. The van der Waals surface area contributed by atoms with Gasteiger partial charge in [-0.2, -0.15) is 5.26 Å². The number of piperidine rings is 1. The molecule has 7 heteroatoms. The highest BCUT2D eigenvalue weighted by atomic mass is 35.5. The number of pyridine rings is 1. The Labute approximate surface area is 148 Å². The summed E-state index contributed by atoms with van der Waals surface area (Å²) in [7, 11) is 0. The highest BCUT2D eigenvalue weighted by Crippen LogP contribution is 2.36. The van der Waals surface area contributed by atoms with E-state index in [1.54, 1.807) is 12.3 Å². The van der Waals surface area contributed by atoms with Crippen molar-refractivity contribution in [3.8, 4) is 6.07 Å². The average molecular weight is 362 g/mol. The summed E-state index contributed by atoms with van der Waals surface area (Å²) < 4.78 is 27.6. The summed E-state index contributed by atoms with van der Waals surface area (Å²) >= 11 is 5.96. The van der Waals surface area contributed by atoms with Gasteiger partial charge < -0.3 is 4.90 Å². The Balaban J connectivity index is 1.81. The van der Waals surface area contributed by atoms with Gasteiger partial charge in [0, 0.05) is 25.5 Å². The first-order chi connectivity index (χ1) is 12.0. The van der Waals surface area contributed by atoms with E-state index in [0.717, 1.165) is 12.1 Å². The summed E-state index contributed by atoms with van der Waals surface area (Å²) in [4.78, 5) is 17.8. The number of nitriles is 1. The number of nitrogens with zero attached hydrogens (tertiary/aromatic N) is 3. The van der Waals surface area contributed by atoms with E-state index < -0.39 is 28.5 Å². The first-order valence-corrected chi connectivity index (χ1v) is 8.10. The fourth-order valence-electron chi connectivity index (χ4n) is 3.09. The third kappa shape index (κ3) is 3.20. The van der Waals surface area contributed by atoms with E-state index in [1.807, 2.05) is 0 Å². The van der Waals surface area contributed by atoms with Crippen LogP contribution in [0, 0.1) is 23.0 Å². The Bertz CT molecular complexity index is 837. The smallest absolute Gasteiger partial charge is 0.259 e. The lowest BCUT2D eigenvalue weighted by Crippen LogP contribution is -2.45. The molecule has 0 N–H and O–H groups in total. The molecule has 1 saturated heterocycles. The number of carbonyl (C=O) groups is 1. The number of hydrogen-bond acceptors (Lipinski definition) is 3. The van der Waals surface area contributed by atoms with Crippen molar-refractivity contribution in [2.24, 2.45) is 0 Å². The topological polar surface area (TPSA) is 57.0 Å². The van der Waals surface area contributed by atoms with Crippen molar-refractivity contribution in [3.63, 3.8) is 0 Å². The van der Waals surface area contributed by atoms with E-state index in [1.165, 1.54) is 17.2 Å². The third-order valence-electron chi connectivity index (χ3n) is 4.55. The average Bonchev–Trinajstić information content (AvgIpc) is 2.61. The van der Waals surface area contributed by atoms with E-state index in [-0.39, 0.29) is 13.1 Å². The number of rotatable bonds is 2. The van der Waals surface area contributed by atoms with E-state index in [4.69, 9.17) is 11.6 Å². The number of hydrogen-bond donors (Lipinski definition) is 0. The standard InChI is InChI=1S/C18H14ClF2N3O/c19-13-8-12(9-23-10-13)18(11-22)4-6-24(7-5-18)17(25)16-14(20)2-1-3-15(16)21/h1-3,8-10H,4-7H2. The molecule has 0 unspecified atom stereocenters. The number of amides is 1. The van der Waals surface area contributed by atoms with Crippen molar-refractivity contribution in [3.05, 3.63) is 64.4 Å². The Hall–Kier alpha value is -2.52. The SMILES string of the molecule is N#CC1(c2cncc(Cl)c2)CCN(C(=O)c2c(F)cccc2F)CC1. The number of carbonyl (C=O) groups excluding carboxylic acids is 1. The zero-order chi connectivity index (χ0) is 18.0. The molecule has 0 spiro atoms. The zero-order valence-corrected chi connectivity index (χ0v) is 13.9. The molecule has 1 aromatic heterocycles. The van der Waals surface area contributed by atoms with E-state index in [2.05, 4.69) is 11.1 Å². The van der Waals surface area contributed by atoms with Crippen molar-refractivity contribution in [2.75, 3.05) is 13.1 Å². The van der Waals surface area contributed by atoms with Crippen LogP contribution in [0.2, 0.25) is 5.02 Å². The molecular formula is C18H14ClF2N3O. The van der Waals surface area contributed by atoms with Crippen molar-refractivity contribution in [1.29, 1.82) is 5.26 Å². The van der Waals surface area contributed by atoms with Crippen LogP contribution in [-0.2, 0) is 5.41 Å². The van der Waals surface area contributed by atoms with Gasteiger partial charge in [-0.05, 0) is 36.6 Å². The molecule has 0 aliphatic carbocycles. The number of aromatic nitrogens is 1. The fraction of sp³-hybridized carbons (Fsp3) is 0.278. The summed E-state index contributed by atoms with van der Waals surface area (Å²) in [6.45, 7) is 0.430. The molecule has 3 rings (SSSR count). The minimum atomic E-state index is -0.888. The maximum absolute atomic E-state index is 13.8. The Morgan fingerprint density at radius 3 is 2.44 bits per heavy atom. The van der Waals surface area contributed by atoms with Crippen LogP contribution in [-0.4, -0.2) is 28.9 Å². The van der Waals surface area contributed by atoms with Crippen LogP contribution in [0.3, 0.4) is 0 Å². The lowest BCUT2D eigenvalue weighted by atomic mass is 9.74. The van der Waals surface area contributed by atoms with Gasteiger partial charge in [0.1, 0.15) is 17.2 Å². The highest BCUT2D eigenvalue weighted by Gasteiger charge is 2.39. The highest BCUT2D eigenvalue weighted by molar-refractivity contribution is 6.30. The molecule has 0 saturated carbocycles. The quantitative estimate of drug-likeness (QED) is 0.819. The monoisotopic (exact) mass is 361 g/mol. The van der Waals surface area contributed by atoms with E-state index >= 15 is 0 Å². The predicted molar refractivity (Wildman–Crippen MR) is 88.0 cm³/mol. The minimum Gasteiger partial charge on any atom is -0.338 e. The Morgan fingerprint density at radius 2 is 1.88 bits per heavy atom. The van der Waals surface area contributed by atoms with Gasteiger partial charge in [0.2, 0.25) is 0 Å². The van der Waals surface area contributed by atoms with E-state index in [0.29, 0.717) is 23.4 Å². The van der Waals surface area contributed by atoms with Crippen LogP contribution in [0.25, 0.3) is 0 Å². The van der Waals surface area contributed by atoms with Crippen LogP contribution in [0.4, 0.5) is 8.78 Å². The van der Waals surface area contributed by atoms with E-state index in [9.17, 15) is 18.8 Å². The second-order valence-corrected chi connectivity index (χ2v) is 6.41. The van der Waals surface area contributed by atoms with Crippen LogP contribution < -0.4 is 0 Å². The Morgan fingerprint density at radius 1 is 1.24 bits per heavy atom. The molecule has 1 fully saturated rings. The molecule has 0 bridgehead atoms. The molecule has 1 aliphatic rings. The summed E-state index contributed by atoms with van der Waals surface area (Å²) in [5.74, 6) is -2.48. The normalized spacial score (nSPS) is 16.3. The summed E-state index contributed by atoms with van der Waals surface area (Å²) in [5.41, 5.74) is -0.689. The van der Waals surface area contributed by atoms with Gasteiger partial charge in [-0.1, -0.05) is 17.7 Å². The number of benzene rings is 1. The predicted octanol–water partition coefficient (Wildman–Crippen LogP) is 3.71. The molecule has 25 heavy (non-hydrogen) atoms. The van der Waals surface area contributed by atoms with Gasteiger partial charge in [-0.3, -0.25) is 9.78 Å². The van der Waals surface area contributed by atoms with Crippen molar-refractivity contribution < 1.29 is 13.6 Å². The summed E-state index contributed by atoms with van der Waals surface area (Å²) in [6, 6.07) is 7.30. The number of likely N-dealkylation sites (tertiary alicyclic amines) is 1. The first kappa shape index (κ1) is 17.3. The maximum atomic E-state index is 13.8. The van der Waals surface area contributed by atoms with Gasteiger partial charge in [0.25, 0.3) is 5.91 Å². The van der Waals surface area contributed by atoms with Crippen LogP contribution >= 0.6 is 11.6 Å². The molecule has 128 valence electrons. The molecule has 2 aromatic rings. The van der Waals surface area contributed by atoms with Crippen LogP contribution in [0.1, 0.15) is 28.8 Å². The van der Waals surface area contributed by atoms with Gasteiger partial charge in [-0.25, -0.2) is 8.78 Å². The summed E-state index contributed by atoms with van der Waals surface area (Å²) in [6.07, 6.45) is 3.75. The van der Waals surface area contributed by atoms with Crippen molar-refractivity contribution >= 4 is 17.5 Å². The van der Waals surface area contributed by atoms with Gasteiger partial charge in [0.15, 0.2) is 0 Å². The van der Waals surface area contributed by atoms with Gasteiger partial charge in [0.05, 0.1) is 16.5 Å². The largest absolute Gasteiger partial charge is 0.338 e. The molecular weight excluding hydrogens is 348 g/mol. The number of halogens is 3. The molecule has 4 nitrogen and oxygen atoms in total. The lowest BCUT2D eigenvalue weighted by molar-refractivity contribution is 0.0682. The molecule has 1 amide bonds. The van der Waals surface area contributed by atoms with Crippen molar-refractivity contribution in [1.82, 2.24) is 9.88 Å². The zero-order valence-electron chi connectivity index (χ0n) is 13.2. The fourth-order valence-corrected chi connectivity index (χ4v) is 3.26. The molecule has 0 radical (unpaired) electrons. The van der Waals surface area contributed by atoms with Crippen LogP contribution in [0.5, 0.6) is 0 Å². The lowest BCUT2D eigenvalue weighted by Gasteiger charge is -2.37. The second kappa shape index (κ2) is 6.77. The second-order valence-electron chi connectivity index (χ2n) is 5.97. The molecule has 1 aliphatic heterocycles. The van der Waals surface area contributed by atoms with Gasteiger partial charge in [-0.15, -0.1) is 0 Å². The third-order valence-corrected chi connectivity index (χ3v) is 4.76. The summed E-state index contributed by atoms with van der Waals surface area (Å²) in [5, 5.41) is 10.1. The molecule has 0 atom stereocenters. The molecule has 2 heterocycles. The van der Waals surface area contributed by atoms with Crippen LogP contribution in [0.15, 0.2) is 36.7 Å². The van der Waals surface area contributed by atoms with Gasteiger partial charge >= 0.3 is 0 Å². The maximum Gasteiger partial charge on any atom is 0.259 e.